The fraction of sp³-hybridized carbons (Fsp3) is 0.167. The minimum absolute atomic E-state index is 0.0545. The smallest absolute Gasteiger partial charge is 0.325 e. The molecule has 1 saturated carbocycles. The summed E-state index contributed by atoms with van der Waals surface area (Å²) in [6.07, 6.45) is 0.0687. The number of aliphatic hydroxyl groups is 1. The van der Waals surface area contributed by atoms with Crippen LogP contribution in [0, 0.1) is 0 Å². The zero-order chi connectivity index (χ0) is 27.6. The number of carboxylic acids is 1. The van der Waals surface area contributed by atoms with Crippen LogP contribution >= 0.6 is 11.6 Å². The number of sulfonamides is 1. The van der Waals surface area contributed by atoms with Crippen molar-refractivity contribution < 1.29 is 28.2 Å². The number of ether oxygens (including phenoxy) is 1. The van der Waals surface area contributed by atoms with E-state index >= 15 is 0 Å². The molecule has 0 aromatic heterocycles. The molecule has 1 fully saturated rings. The highest BCUT2D eigenvalue weighted by Crippen LogP contribution is 2.57. The Labute approximate surface area is 231 Å². The quantitative estimate of drug-likeness (QED) is 0.253. The Morgan fingerprint density at radius 2 is 1.51 bits per heavy atom. The molecule has 0 amide bonds. The van der Waals surface area contributed by atoms with Gasteiger partial charge in [0.25, 0.3) is 0 Å². The third kappa shape index (κ3) is 5.29. The minimum Gasteiger partial charge on any atom is -0.480 e. The molecule has 9 heteroatoms. The van der Waals surface area contributed by atoms with Crippen molar-refractivity contribution in [3.8, 4) is 22.6 Å². The van der Waals surface area contributed by atoms with Crippen LogP contribution in [0.15, 0.2) is 108 Å². The Bertz CT molecular complexity index is 1580. The molecule has 4 aromatic carbocycles. The Hall–Kier alpha value is -3.69. The van der Waals surface area contributed by atoms with E-state index in [0.717, 1.165) is 15.4 Å². The lowest BCUT2D eigenvalue weighted by Crippen LogP contribution is -2.49. The van der Waals surface area contributed by atoms with Crippen LogP contribution < -0.4 is 4.74 Å². The summed E-state index contributed by atoms with van der Waals surface area (Å²) in [7, 11) is -4.27. The fourth-order valence-corrected chi connectivity index (χ4v) is 6.79. The van der Waals surface area contributed by atoms with E-state index in [2.05, 4.69) is 0 Å². The van der Waals surface area contributed by atoms with E-state index in [4.69, 9.17) is 16.3 Å². The summed E-state index contributed by atoms with van der Waals surface area (Å²) >= 11 is 5.96. The molecule has 7 nitrogen and oxygen atoms in total. The van der Waals surface area contributed by atoms with E-state index < -0.39 is 34.1 Å². The molecule has 0 radical (unpaired) electrons. The van der Waals surface area contributed by atoms with Crippen molar-refractivity contribution in [1.82, 2.24) is 4.31 Å². The molecule has 0 spiro atoms. The van der Waals surface area contributed by atoms with Crippen LogP contribution in [-0.2, 0) is 14.8 Å². The second kappa shape index (κ2) is 10.8. The van der Waals surface area contributed by atoms with Gasteiger partial charge in [-0.2, -0.15) is 4.31 Å². The number of halogens is 1. The maximum Gasteiger partial charge on any atom is 0.325 e. The first kappa shape index (κ1) is 26.9. The minimum atomic E-state index is -4.27. The third-order valence-corrected chi connectivity index (χ3v) is 9.12. The number of β-amino-alcohol motifs (C(OH)–C–C–N with tert-alkyl or cyclic N) is 1. The number of hydrogen-bond donors (Lipinski definition) is 2. The summed E-state index contributed by atoms with van der Waals surface area (Å²) < 4.78 is 34.4. The molecule has 4 aromatic rings. The van der Waals surface area contributed by atoms with Gasteiger partial charge >= 0.3 is 5.97 Å². The predicted octanol–water partition coefficient (Wildman–Crippen LogP) is 5.79. The Morgan fingerprint density at radius 3 is 2.13 bits per heavy atom. The molecule has 1 aliphatic carbocycles. The highest BCUT2D eigenvalue weighted by atomic mass is 35.5. The van der Waals surface area contributed by atoms with E-state index in [0.29, 0.717) is 22.1 Å². The van der Waals surface area contributed by atoms with E-state index in [1.807, 2.05) is 30.3 Å². The average molecular weight is 564 g/mol. The summed E-state index contributed by atoms with van der Waals surface area (Å²) in [5.74, 6) is -0.749. The van der Waals surface area contributed by atoms with Crippen molar-refractivity contribution in [3.05, 3.63) is 114 Å². The molecule has 0 aliphatic heterocycles. The first-order chi connectivity index (χ1) is 18.8. The number of carboxylic acid groups (broad SMARTS) is 1. The number of benzene rings is 4. The van der Waals surface area contributed by atoms with Gasteiger partial charge in [-0.25, -0.2) is 8.42 Å². The molecule has 5 rings (SSSR count). The molecule has 39 heavy (non-hydrogen) atoms. The second-order valence-corrected chi connectivity index (χ2v) is 11.6. The van der Waals surface area contributed by atoms with Gasteiger partial charge in [-0.3, -0.25) is 4.79 Å². The molecule has 0 saturated heterocycles. The van der Waals surface area contributed by atoms with Crippen molar-refractivity contribution in [3.63, 3.8) is 0 Å². The van der Waals surface area contributed by atoms with Gasteiger partial charge in [0.2, 0.25) is 10.0 Å². The Balaban J connectivity index is 1.45. The lowest BCUT2D eigenvalue weighted by molar-refractivity contribution is -0.143. The molecular weight excluding hydrogens is 538 g/mol. The van der Waals surface area contributed by atoms with E-state index in [9.17, 15) is 23.4 Å². The van der Waals surface area contributed by atoms with Crippen LogP contribution in [0.2, 0.25) is 5.02 Å². The molecule has 0 heterocycles. The van der Waals surface area contributed by atoms with Crippen LogP contribution in [0.1, 0.15) is 17.9 Å². The number of carbonyl (C=O) groups is 1. The maximum absolute atomic E-state index is 13.8. The van der Waals surface area contributed by atoms with Gasteiger partial charge in [0.1, 0.15) is 17.0 Å². The summed E-state index contributed by atoms with van der Waals surface area (Å²) in [6.45, 7) is -0.884. The van der Waals surface area contributed by atoms with Gasteiger partial charge in [-0.1, -0.05) is 66.2 Å². The largest absolute Gasteiger partial charge is 0.480 e. The summed E-state index contributed by atoms with van der Waals surface area (Å²) in [5, 5.41) is 20.7. The number of aliphatic carboxylic acids is 1. The fourth-order valence-electron chi connectivity index (χ4n) is 4.90. The molecular formula is C30H26ClNO6S. The molecule has 2 N–H and O–H groups in total. The number of para-hydroxylation sites is 1. The maximum atomic E-state index is 13.8. The molecule has 1 aliphatic rings. The normalized spacial score (nSPS) is 18.6. The summed E-state index contributed by atoms with van der Waals surface area (Å²) in [5.41, 5.74) is 0.549. The predicted molar refractivity (Wildman–Crippen MR) is 149 cm³/mol. The van der Waals surface area contributed by atoms with Crippen molar-refractivity contribution in [2.75, 3.05) is 13.2 Å². The first-order valence-corrected chi connectivity index (χ1v) is 14.1. The highest BCUT2D eigenvalue weighted by molar-refractivity contribution is 7.89. The average Bonchev–Trinajstić information content (AvgIpc) is 3.70. The van der Waals surface area contributed by atoms with Crippen molar-refractivity contribution >= 4 is 27.6 Å². The summed E-state index contributed by atoms with van der Waals surface area (Å²) in [6, 6.07) is 29.5. The highest BCUT2D eigenvalue weighted by Gasteiger charge is 2.67. The lowest BCUT2D eigenvalue weighted by Gasteiger charge is -2.29. The van der Waals surface area contributed by atoms with Crippen LogP contribution in [0.3, 0.4) is 0 Å². The van der Waals surface area contributed by atoms with Gasteiger partial charge in [-0.15, -0.1) is 0 Å². The number of hydrogen-bond acceptors (Lipinski definition) is 5. The number of nitrogens with zero attached hydrogens (tertiary/aromatic N) is 1. The standard InChI is InChI=1S/C30H26ClNO6S/c31-24-13-9-21(10-14-24)22-11-15-27(16-12-22)39(36,37)32(17-18-33)30(29(34)35)20-28(30)23-5-4-8-26(19-23)38-25-6-2-1-3-7-25/h1-16,19,28,33H,17-18,20H2,(H,34,35). The van der Waals surface area contributed by atoms with E-state index in [1.165, 1.54) is 12.1 Å². The second-order valence-electron chi connectivity index (χ2n) is 9.31. The van der Waals surface area contributed by atoms with Gasteiger partial charge in [0, 0.05) is 17.5 Å². The van der Waals surface area contributed by atoms with Crippen molar-refractivity contribution in [2.45, 2.75) is 22.8 Å². The SMILES string of the molecule is O=C(O)C1(N(CCO)S(=O)(=O)c2ccc(-c3ccc(Cl)cc3)cc2)CC1c1cccc(Oc2ccccc2)c1. The Kier molecular flexibility index (Phi) is 7.46. The zero-order valence-corrected chi connectivity index (χ0v) is 22.3. The number of rotatable bonds is 10. The third-order valence-electron chi connectivity index (χ3n) is 6.91. The summed E-state index contributed by atoms with van der Waals surface area (Å²) in [4.78, 5) is 12.6. The van der Waals surface area contributed by atoms with Crippen molar-refractivity contribution in [2.24, 2.45) is 0 Å². The molecule has 0 bridgehead atoms. The van der Waals surface area contributed by atoms with E-state index in [-0.39, 0.29) is 17.9 Å². The molecule has 2 atom stereocenters. The number of aliphatic hydroxyl groups excluding tert-OH is 1. The van der Waals surface area contributed by atoms with Gasteiger partial charge < -0.3 is 14.9 Å². The zero-order valence-electron chi connectivity index (χ0n) is 20.8. The van der Waals surface area contributed by atoms with Crippen LogP contribution in [0.5, 0.6) is 11.5 Å². The van der Waals surface area contributed by atoms with Crippen LogP contribution in [-0.4, -0.2) is 47.6 Å². The molecule has 200 valence electrons. The van der Waals surface area contributed by atoms with Crippen molar-refractivity contribution in [1.29, 1.82) is 0 Å². The van der Waals surface area contributed by atoms with E-state index in [1.54, 1.807) is 60.7 Å². The monoisotopic (exact) mass is 563 g/mol. The van der Waals surface area contributed by atoms with Crippen LogP contribution in [0.4, 0.5) is 0 Å². The first-order valence-electron chi connectivity index (χ1n) is 12.3. The van der Waals surface area contributed by atoms with Gasteiger partial charge in [0.15, 0.2) is 0 Å². The van der Waals surface area contributed by atoms with Gasteiger partial charge in [-0.05, 0) is 71.6 Å². The molecule has 2 unspecified atom stereocenters. The lowest BCUT2D eigenvalue weighted by atomic mass is 10.1. The van der Waals surface area contributed by atoms with Gasteiger partial charge in [0.05, 0.1) is 11.5 Å². The topological polar surface area (TPSA) is 104 Å². The van der Waals surface area contributed by atoms with Crippen LogP contribution in [0.25, 0.3) is 11.1 Å². The Morgan fingerprint density at radius 1 is 0.897 bits per heavy atom.